The average molecular weight is 419 g/mol. The molecular formula is C24H25N3O4. The molecule has 1 N–H and O–H groups in total. The van der Waals surface area contributed by atoms with Crippen LogP contribution < -0.4 is 9.47 Å². The highest BCUT2D eigenvalue weighted by Crippen LogP contribution is 2.44. The van der Waals surface area contributed by atoms with E-state index in [1.807, 2.05) is 53.4 Å². The van der Waals surface area contributed by atoms with E-state index in [4.69, 9.17) is 14.2 Å². The normalized spacial score (nSPS) is 20.2. The second kappa shape index (κ2) is 8.07. The summed E-state index contributed by atoms with van der Waals surface area (Å²) in [5.41, 5.74) is 4.13. The summed E-state index contributed by atoms with van der Waals surface area (Å²) < 4.78 is 16.8. The summed E-state index contributed by atoms with van der Waals surface area (Å²) in [5.74, 6) is 1.22. The number of fused-ring (bicyclic) bond motifs is 1. The maximum Gasteiger partial charge on any atom is 0.273 e. The van der Waals surface area contributed by atoms with E-state index in [2.05, 4.69) is 10.2 Å². The van der Waals surface area contributed by atoms with Crippen molar-refractivity contribution in [2.45, 2.75) is 25.0 Å². The highest BCUT2D eigenvalue weighted by Gasteiger charge is 2.43. The number of methoxy groups -OCH3 is 2. The lowest BCUT2D eigenvalue weighted by Crippen LogP contribution is -2.36. The van der Waals surface area contributed by atoms with Gasteiger partial charge in [0.2, 0.25) is 0 Å². The minimum absolute atomic E-state index is 0.0451. The Morgan fingerprint density at radius 2 is 1.94 bits per heavy atom. The smallest absolute Gasteiger partial charge is 0.273 e. The fraction of sp³-hybridized carbons (Fsp3) is 0.333. The van der Waals surface area contributed by atoms with Gasteiger partial charge in [0.25, 0.3) is 5.91 Å². The van der Waals surface area contributed by atoms with E-state index in [0.29, 0.717) is 23.7 Å². The van der Waals surface area contributed by atoms with Crippen molar-refractivity contribution in [3.63, 3.8) is 0 Å². The zero-order valence-electron chi connectivity index (χ0n) is 17.6. The molecule has 2 aliphatic heterocycles. The van der Waals surface area contributed by atoms with Gasteiger partial charge in [-0.05, 0) is 30.5 Å². The molecule has 2 aromatic carbocycles. The summed E-state index contributed by atoms with van der Waals surface area (Å²) in [6, 6.07) is 15.5. The quantitative estimate of drug-likeness (QED) is 0.657. The van der Waals surface area contributed by atoms with Gasteiger partial charge in [-0.2, -0.15) is 5.10 Å². The number of carbonyl (C=O) groups is 1. The first kappa shape index (κ1) is 19.6. The molecule has 1 aromatic heterocycles. The van der Waals surface area contributed by atoms with Crippen LogP contribution in [0.2, 0.25) is 0 Å². The van der Waals surface area contributed by atoms with Gasteiger partial charge in [0.15, 0.2) is 11.5 Å². The van der Waals surface area contributed by atoms with E-state index >= 15 is 0 Å². The van der Waals surface area contributed by atoms with Gasteiger partial charge in [-0.25, -0.2) is 0 Å². The Bertz CT molecular complexity index is 1090. The third-order valence-corrected chi connectivity index (χ3v) is 6.06. The molecule has 3 heterocycles. The van der Waals surface area contributed by atoms with E-state index in [1.54, 1.807) is 14.2 Å². The van der Waals surface area contributed by atoms with E-state index in [9.17, 15) is 4.79 Å². The predicted molar refractivity (Wildman–Crippen MR) is 115 cm³/mol. The number of H-pyrrole nitrogens is 1. The molecule has 2 aliphatic rings. The highest BCUT2D eigenvalue weighted by molar-refractivity contribution is 6.00. The molecule has 31 heavy (non-hydrogen) atoms. The zero-order valence-corrected chi connectivity index (χ0v) is 17.6. The van der Waals surface area contributed by atoms with Gasteiger partial charge < -0.3 is 19.1 Å². The monoisotopic (exact) mass is 419 g/mol. The lowest BCUT2D eigenvalue weighted by atomic mass is 9.95. The second-order valence-corrected chi connectivity index (χ2v) is 7.84. The number of benzene rings is 2. The summed E-state index contributed by atoms with van der Waals surface area (Å²) in [5, 5.41) is 7.52. The molecule has 7 heteroatoms. The number of carbonyl (C=O) groups excluding carboxylic acids is 1. The number of nitrogens with one attached hydrogen (secondary N) is 1. The minimum atomic E-state index is -0.291. The van der Waals surface area contributed by atoms with Crippen molar-refractivity contribution in [3.05, 3.63) is 65.4 Å². The van der Waals surface area contributed by atoms with Gasteiger partial charge >= 0.3 is 0 Å². The number of rotatable bonds is 6. The first-order valence-electron chi connectivity index (χ1n) is 10.5. The van der Waals surface area contributed by atoms with Crippen LogP contribution in [0.1, 0.15) is 40.5 Å². The molecule has 0 saturated carbocycles. The third-order valence-electron chi connectivity index (χ3n) is 6.06. The fourth-order valence-electron chi connectivity index (χ4n) is 4.58. The Morgan fingerprint density at radius 3 is 2.65 bits per heavy atom. The Labute approximate surface area is 180 Å². The average Bonchev–Trinajstić information content (AvgIpc) is 3.53. The number of nitrogens with zero attached hydrogens (tertiary/aromatic N) is 2. The molecule has 1 amide bonds. The van der Waals surface area contributed by atoms with Crippen molar-refractivity contribution >= 4 is 5.91 Å². The Morgan fingerprint density at radius 1 is 1.13 bits per heavy atom. The molecule has 1 fully saturated rings. The standard InChI is InChI=1S/C24H25N3O4/c1-29-18-11-10-16(13-19(18)30-2)23-20-21(15-7-4-3-5-8-15)25-26-22(20)24(28)27(23)14-17-9-6-12-31-17/h3-5,7-8,10-11,13,17,23H,6,9,12,14H2,1-2H3,(H,25,26). The molecule has 0 spiro atoms. The van der Waals surface area contributed by atoms with Crippen LogP contribution in [0, 0.1) is 0 Å². The van der Waals surface area contributed by atoms with Crippen molar-refractivity contribution in [2.75, 3.05) is 27.4 Å². The molecule has 0 radical (unpaired) electrons. The van der Waals surface area contributed by atoms with E-state index in [1.165, 1.54) is 0 Å². The first-order chi connectivity index (χ1) is 15.2. The number of amides is 1. The Balaban J connectivity index is 1.63. The van der Waals surface area contributed by atoms with Crippen LogP contribution in [0.25, 0.3) is 11.3 Å². The number of aromatic nitrogens is 2. The number of hydrogen-bond acceptors (Lipinski definition) is 5. The lowest BCUT2D eigenvalue weighted by molar-refractivity contribution is 0.0495. The van der Waals surface area contributed by atoms with Gasteiger partial charge in [0, 0.05) is 24.3 Å². The van der Waals surface area contributed by atoms with Gasteiger partial charge in [-0.3, -0.25) is 9.89 Å². The largest absolute Gasteiger partial charge is 0.493 e. The summed E-state index contributed by atoms with van der Waals surface area (Å²) in [4.78, 5) is 15.3. The summed E-state index contributed by atoms with van der Waals surface area (Å²) in [6.45, 7) is 1.28. The molecule has 0 aliphatic carbocycles. The highest BCUT2D eigenvalue weighted by atomic mass is 16.5. The van der Waals surface area contributed by atoms with Gasteiger partial charge in [0.1, 0.15) is 5.69 Å². The molecule has 7 nitrogen and oxygen atoms in total. The van der Waals surface area contributed by atoms with Crippen LogP contribution in [0.3, 0.4) is 0 Å². The Kier molecular flexibility index (Phi) is 5.11. The van der Waals surface area contributed by atoms with Crippen LogP contribution in [0.5, 0.6) is 11.5 Å². The van der Waals surface area contributed by atoms with E-state index in [0.717, 1.165) is 41.8 Å². The van der Waals surface area contributed by atoms with Crippen LogP contribution in [-0.2, 0) is 4.74 Å². The van der Waals surface area contributed by atoms with E-state index < -0.39 is 0 Å². The maximum atomic E-state index is 13.4. The molecular weight excluding hydrogens is 394 g/mol. The maximum absolute atomic E-state index is 13.4. The van der Waals surface area contributed by atoms with Crippen molar-refractivity contribution in [1.82, 2.24) is 15.1 Å². The number of hydrogen-bond donors (Lipinski definition) is 1. The summed E-state index contributed by atoms with van der Waals surface area (Å²) in [6.07, 6.45) is 2.03. The molecule has 3 aromatic rings. The van der Waals surface area contributed by atoms with Crippen molar-refractivity contribution in [2.24, 2.45) is 0 Å². The molecule has 160 valence electrons. The topological polar surface area (TPSA) is 76.7 Å². The SMILES string of the molecule is COc1ccc(C2c3c(-c4ccccc4)n[nH]c3C(=O)N2CC2CCCO2)cc1OC. The van der Waals surface area contributed by atoms with Gasteiger partial charge in [-0.1, -0.05) is 36.4 Å². The van der Waals surface area contributed by atoms with Crippen LogP contribution in [0.15, 0.2) is 48.5 Å². The minimum Gasteiger partial charge on any atom is -0.493 e. The van der Waals surface area contributed by atoms with Gasteiger partial charge in [0.05, 0.1) is 32.1 Å². The first-order valence-corrected chi connectivity index (χ1v) is 10.5. The zero-order chi connectivity index (χ0) is 21.4. The van der Waals surface area contributed by atoms with Crippen molar-refractivity contribution in [3.8, 4) is 22.8 Å². The number of aromatic amines is 1. The van der Waals surface area contributed by atoms with Crippen LogP contribution in [-0.4, -0.2) is 54.5 Å². The number of ether oxygens (including phenoxy) is 3. The molecule has 5 rings (SSSR count). The molecule has 2 unspecified atom stereocenters. The summed E-state index contributed by atoms with van der Waals surface area (Å²) >= 11 is 0. The second-order valence-electron chi connectivity index (χ2n) is 7.84. The van der Waals surface area contributed by atoms with Crippen molar-refractivity contribution < 1.29 is 19.0 Å². The van der Waals surface area contributed by atoms with E-state index in [-0.39, 0.29) is 18.1 Å². The summed E-state index contributed by atoms with van der Waals surface area (Å²) in [7, 11) is 3.23. The Hall–Kier alpha value is -3.32. The van der Waals surface area contributed by atoms with Crippen LogP contribution >= 0.6 is 0 Å². The van der Waals surface area contributed by atoms with Crippen molar-refractivity contribution in [1.29, 1.82) is 0 Å². The third kappa shape index (κ3) is 3.35. The fourth-order valence-corrected chi connectivity index (χ4v) is 4.58. The lowest BCUT2D eigenvalue weighted by Gasteiger charge is -2.29. The van der Waals surface area contributed by atoms with Crippen LogP contribution in [0.4, 0.5) is 0 Å². The van der Waals surface area contributed by atoms with Gasteiger partial charge in [-0.15, -0.1) is 0 Å². The predicted octanol–water partition coefficient (Wildman–Crippen LogP) is 3.82. The molecule has 2 atom stereocenters. The molecule has 1 saturated heterocycles. The molecule has 0 bridgehead atoms.